The number of nitrogens with zero attached hydrogens (tertiary/aromatic N) is 1. The molecular weight excluding hydrogens is 373 g/mol. The van der Waals surface area contributed by atoms with E-state index >= 15 is 0 Å². The molecule has 1 aromatic rings. The van der Waals surface area contributed by atoms with E-state index in [0.29, 0.717) is 37.9 Å². The van der Waals surface area contributed by atoms with Crippen molar-refractivity contribution in [2.75, 3.05) is 39.5 Å². The van der Waals surface area contributed by atoms with Crippen molar-refractivity contribution < 1.29 is 24.1 Å². The Hall–Kier alpha value is -1.21. The highest BCUT2D eigenvalue weighted by Crippen LogP contribution is 2.41. The molecule has 1 saturated carbocycles. The van der Waals surface area contributed by atoms with Crippen LogP contribution in [0.4, 0.5) is 4.39 Å². The second-order valence-corrected chi connectivity index (χ2v) is 10.1. The first kappa shape index (κ1) is 22.5. The predicted molar refractivity (Wildman–Crippen MR) is 110 cm³/mol. The van der Waals surface area contributed by atoms with E-state index in [1.165, 1.54) is 12.1 Å². The Bertz CT molecular complexity index is 652. The second-order valence-electron chi connectivity index (χ2n) is 10.1. The van der Waals surface area contributed by atoms with E-state index in [1.807, 2.05) is 0 Å². The molecule has 2 aliphatic rings. The van der Waals surface area contributed by atoms with Gasteiger partial charge < -0.3 is 19.7 Å². The predicted octanol–water partition coefficient (Wildman–Crippen LogP) is 3.24. The fourth-order valence-electron chi connectivity index (χ4n) is 4.56. The Balaban J connectivity index is 1.56. The van der Waals surface area contributed by atoms with Crippen molar-refractivity contribution in [2.24, 2.45) is 11.3 Å². The molecule has 5 nitrogen and oxygen atoms in total. The van der Waals surface area contributed by atoms with Gasteiger partial charge in [-0.15, -0.1) is 0 Å². The molecule has 0 aromatic heterocycles. The number of hydrogen-bond acceptors (Lipinski definition) is 5. The van der Waals surface area contributed by atoms with Crippen molar-refractivity contribution in [3.05, 3.63) is 30.1 Å². The summed E-state index contributed by atoms with van der Waals surface area (Å²) in [5, 5.41) is 22.2. The number of rotatable bonds is 5. The quantitative estimate of drug-likeness (QED) is 0.782. The maximum absolute atomic E-state index is 13.1. The van der Waals surface area contributed by atoms with E-state index < -0.39 is 11.2 Å². The highest BCUT2D eigenvalue weighted by Gasteiger charge is 2.41. The van der Waals surface area contributed by atoms with Crippen LogP contribution in [0.2, 0.25) is 0 Å². The van der Waals surface area contributed by atoms with Crippen molar-refractivity contribution in [3.63, 3.8) is 0 Å². The van der Waals surface area contributed by atoms with E-state index in [1.54, 1.807) is 12.1 Å². The molecule has 0 radical (unpaired) electrons. The van der Waals surface area contributed by atoms with E-state index in [4.69, 9.17) is 9.47 Å². The number of benzene rings is 1. The third-order valence-corrected chi connectivity index (χ3v) is 6.42. The van der Waals surface area contributed by atoms with Crippen molar-refractivity contribution in [1.82, 2.24) is 4.90 Å². The van der Waals surface area contributed by atoms with E-state index in [-0.39, 0.29) is 24.4 Å². The summed E-state index contributed by atoms with van der Waals surface area (Å²) < 4.78 is 24.4. The molecule has 1 atom stereocenters. The summed E-state index contributed by atoms with van der Waals surface area (Å²) >= 11 is 0. The molecule has 1 saturated heterocycles. The van der Waals surface area contributed by atoms with Crippen LogP contribution in [-0.2, 0) is 4.74 Å². The van der Waals surface area contributed by atoms with Crippen molar-refractivity contribution >= 4 is 0 Å². The van der Waals surface area contributed by atoms with Gasteiger partial charge in [0, 0.05) is 19.6 Å². The zero-order valence-corrected chi connectivity index (χ0v) is 18.0. The Morgan fingerprint density at radius 2 is 1.79 bits per heavy atom. The standard InChI is InChI=1S/C23H36FNO4/c1-21(2,3)18-8-10-22(26,11-9-18)14-25-12-13-28-16-23(27,15-25)17-29-20-6-4-19(24)5-7-20/h4-7,18,26-27H,8-17H2,1-3H3/t18?,22?,23-/m1/s1. The molecule has 0 unspecified atom stereocenters. The molecule has 164 valence electrons. The number of ether oxygens (including phenoxy) is 2. The first-order valence-corrected chi connectivity index (χ1v) is 10.7. The van der Waals surface area contributed by atoms with E-state index in [0.717, 1.165) is 25.7 Å². The normalized spacial score (nSPS) is 32.0. The molecule has 6 heteroatoms. The molecule has 0 bridgehead atoms. The van der Waals surface area contributed by atoms with Crippen LogP contribution in [0.15, 0.2) is 24.3 Å². The second kappa shape index (κ2) is 8.88. The summed E-state index contributed by atoms with van der Waals surface area (Å²) in [6.45, 7) is 9.14. The van der Waals surface area contributed by atoms with Crippen LogP contribution >= 0.6 is 0 Å². The number of β-amino-alcohol motifs (C(OH)–C–C–N with tert-alkyl or cyclic N) is 2. The lowest BCUT2D eigenvalue weighted by Gasteiger charge is -2.43. The van der Waals surface area contributed by atoms with Crippen LogP contribution in [0, 0.1) is 17.2 Å². The molecule has 29 heavy (non-hydrogen) atoms. The molecular formula is C23H36FNO4. The third kappa shape index (κ3) is 6.38. The zero-order valence-electron chi connectivity index (χ0n) is 18.0. The Morgan fingerprint density at radius 3 is 2.41 bits per heavy atom. The van der Waals surface area contributed by atoms with Gasteiger partial charge in [0.15, 0.2) is 0 Å². The maximum Gasteiger partial charge on any atom is 0.134 e. The fraction of sp³-hybridized carbons (Fsp3) is 0.739. The van der Waals surface area contributed by atoms with E-state index in [2.05, 4.69) is 25.7 Å². The van der Waals surface area contributed by atoms with Gasteiger partial charge in [0.1, 0.15) is 23.8 Å². The SMILES string of the molecule is CC(C)(C)C1CCC(O)(CN2CCOC[C@@](O)(COc3ccc(F)cc3)C2)CC1. The highest BCUT2D eigenvalue weighted by molar-refractivity contribution is 5.22. The van der Waals surface area contributed by atoms with Crippen LogP contribution in [0.25, 0.3) is 0 Å². The Labute approximate surface area is 173 Å². The zero-order chi connectivity index (χ0) is 21.1. The minimum Gasteiger partial charge on any atom is -0.490 e. The Morgan fingerprint density at radius 1 is 1.14 bits per heavy atom. The van der Waals surface area contributed by atoms with Gasteiger partial charge in [0.25, 0.3) is 0 Å². The first-order chi connectivity index (χ1) is 13.6. The monoisotopic (exact) mass is 409 g/mol. The van der Waals surface area contributed by atoms with Gasteiger partial charge in [-0.2, -0.15) is 0 Å². The minimum absolute atomic E-state index is 0.0552. The van der Waals surface area contributed by atoms with Gasteiger partial charge in [-0.05, 0) is 61.3 Å². The lowest BCUT2D eigenvalue weighted by molar-refractivity contribution is -0.0807. The van der Waals surface area contributed by atoms with Gasteiger partial charge in [0.2, 0.25) is 0 Å². The van der Waals surface area contributed by atoms with Crippen molar-refractivity contribution in [1.29, 1.82) is 0 Å². The average Bonchev–Trinajstić information content (AvgIpc) is 2.82. The van der Waals surface area contributed by atoms with Gasteiger partial charge in [-0.3, -0.25) is 4.90 Å². The van der Waals surface area contributed by atoms with Gasteiger partial charge >= 0.3 is 0 Å². The highest BCUT2D eigenvalue weighted by atomic mass is 19.1. The largest absolute Gasteiger partial charge is 0.490 e. The molecule has 1 aliphatic carbocycles. The molecule has 2 N–H and O–H groups in total. The molecule has 0 amide bonds. The van der Waals surface area contributed by atoms with E-state index in [9.17, 15) is 14.6 Å². The first-order valence-electron chi connectivity index (χ1n) is 10.7. The Kier molecular flexibility index (Phi) is 6.88. The molecule has 3 rings (SSSR count). The lowest BCUT2D eigenvalue weighted by Crippen LogP contribution is -2.53. The average molecular weight is 410 g/mol. The van der Waals surface area contributed by atoms with Crippen LogP contribution in [0.1, 0.15) is 46.5 Å². The summed E-state index contributed by atoms with van der Waals surface area (Å²) in [6, 6.07) is 5.76. The van der Waals surface area contributed by atoms with Crippen LogP contribution in [0.3, 0.4) is 0 Å². The molecule has 1 aliphatic heterocycles. The molecule has 1 aromatic carbocycles. The van der Waals surface area contributed by atoms with Crippen molar-refractivity contribution in [2.45, 2.75) is 57.7 Å². The summed E-state index contributed by atoms with van der Waals surface area (Å²) in [4.78, 5) is 2.10. The van der Waals surface area contributed by atoms with Crippen LogP contribution in [-0.4, -0.2) is 65.8 Å². The summed E-state index contributed by atoms with van der Waals surface area (Å²) in [5.74, 6) is 0.820. The molecule has 1 heterocycles. The molecule has 2 fully saturated rings. The summed E-state index contributed by atoms with van der Waals surface area (Å²) in [7, 11) is 0. The van der Waals surface area contributed by atoms with Crippen LogP contribution in [0.5, 0.6) is 5.75 Å². The van der Waals surface area contributed by atoms with Gasteiger partial charge in [-0.25, -0.2) is 4.39 Å². The summed E-state index contributed by atoms with van der Waals surface area (Å²) in [5.41, 5.74) is -1.62. The third-order valence-electron chi connectivity index (χ3n) is 6.42. The lowest BCUT2D eigenvalue weighted by atomic mass is 9.68. The number of halogens is 1. The fourth-order valence-corrected chi connectivity index (χ4v) is 4.56. The maximum atomic E-state index is 13.1. The molecule has 0 spiro atoms. The van der Waals surface area contributed by atoms with Crippen molar-refractivity contribution in [3.8, 4) is 5.75 Å². The minimum atomic E-state index is -1.18. The summed E-state index contributed by atoms with van der Waals surface area (Å²) in [6.07, 6.45) is 3.64. The topological polar surface area (TPSA) is 62.2 Å². The smallest absolute Gasteiger partial charge is 0.134 e. The number of aliphatic hydroxyl groups is 2. The number of hydrogen-bond donors (Lipinski definition) is 2. The van der Waals surface area contributed by atoms with Crippen LogP contribution < -0.4 is 4.74 Å². The van der Waals surface area contributed by atoms with Gasteiger partial charge in [-0.1, -0.05) is 20.8 Å². The van der Waals surface area contributed by atoms with Gasteiger partial charge in [0.05, 0.1) is 18.8 Å².